The van der Waals surface area contributed by atoms with Crippen molar-refractivity contribution in [2.24, 2.45) is 5.41 Å². The van der Waals surface area contributed by atoms with Crippen LogP contribution in [0.3, 0.4) is 0 Å². The summed E-state index contributed by atoms with van der Waals surface area (Å²) in [5.41, 5.74) is 1.75. The van der Waals surface area contributed by atoms with Crippen molar-refractivity contribution in [1.82, 2.24) is 29.3 Å². The van der Waals surface area contributed by atoms with Gasteiger partial charge in [0.25, 0.3) is 5.91 Å². The topological polar surface area (TPSA) is 84.2 Å². The van der Waals surface area contributed by atoms with Crippen molar-refractivity contribution in [3.63, 3.8) is 0 Å². The molecule has 0 aliphatic carbocycles. The summed E-state index contributed by atoms with van der Waals surface area (Å²) >= 11 is 0. The van der Waals surface area contributed by atoms with Crippen LogP contribution in [0.1, 0.15) is 53.8 Å². The Morgan fingerprint density at radius 3 is 2.64 bits per heavy atom. The third-order valence-electron chi connectivity index (χ3n) is 6.95. The summed E-state index contributed by atoms with van der Waals surface area (Å²) in [5.74, 6) is -0.145. The minimum atomic E-state index is -0.670. The maximum absolute atomic E-state index is 13.9. The van der Waals surface area contributed by atoms with Gasteiger partial charge in [-0.05, 0) is 44.0 Å². The predicted octanol–water partition coefficient (Wildman–Crippen LogP) is 2.91. The highest BCUT2D eigenvalue weighted by Gasteiger charge is 2.58. The van der Waals surface area contributed by atoms with E-state index in [-0.39, 0.29) is 23.8 Å². The molecule has 0 bridgehead atoms. The van der Waals surface area contributed by atoms with Crippen molar-refractivity contribution in [1.29, 1.82) is 0 Å². The number of likely N-dealkylation sites (tertiary alicyclic amines) is 2. The zero-order valence-corrected chi connectivity index (χ0v) is 19.0. The third kappa shape index (κ3) is 3.79. The normalized spacial score (nSPS) is 22.6. The molecule has 3 aromatic rings. The van der Waals surface area contributed by atoms with Crippen molar-refractivity contribution in [2.75, 3.05) is 19.6 Å². The number of imidazole rings is 1. The van der Waals surface area contributed by atoms with Crippen molar-refractivity contribution in [3.05, 3.63) is 78.4 Å². The van der Waals surface area contributed by atoms with E-state index in [0.717, 1.165) is 11.3 Å². The van der Waals surface area contributed by atoms with Gasteiger partial charge in [0.2, 0.25) is 5.91 Å². The lowest BCUT2D eigenvalue weighted by Gasteiger charge is -2.27. The van der Waals surface area contributed by atoms with E-state index in [9.17, 15) is 9.59 Å². The molecule has 0 radical (unpaired) electrons. The van der Waals surface area contributed by atoms with Gasteiger partial charge in [0.15, 0.2) is 0 Å². The largest absolute Gasteiger partial charge is 0.338 e. The quantitative estimate of drug-likeness (QED) is 0.604. The molecule has 2 amide bonds. The number of carbonyl (C=O) groups excluding carboxylic acids is 2. The zero-order chi connectivity index (χ0) is 23.0. The van der Waals surface area contributed by atoms with E-state index in [1.54, 1.807) is 36.9 Å². The molecule has 1 spiro atoms. The van der Waals surface area contributed by atoms with Gasteiger partial charge in [-0.1, -0.05) is 6.07 Å². The maximum Gasteiger partial charge on any atom is 0.255 e. The number of carbonyl (C=O) groups is 2. The maximum atomic E-state index is 13.9. The van der Waals surface area contributed by atoms with E-state index in [4.69, 9.17) is 0 Å². The molecule has 0 unspecified atom stereocenters. The van der Waals surface area contributed by atoms with Crippen molar-refractivity contribution >= 4 is 11.8 Å². The van der Waals surface area contributed by atoms with Gasteiger partial charge in [0, 0.05) is 69.1 Å². The van der Waals surface area contributed by atoms with E-state index in [1.807, 2.05) is 34.5 Å². The molecule has 2 atom stereocenters. The first-order chi connectivity index (χ1) is 16.0. The smallest absolute Gasteiger partial charge is 0.255 e. The molecule has 0 saturated carbocycles. The fourth-order valence-corrected chi connectivity index (χ4v) is 5.12. The SMILES string of the molecule is CC(C)n1cnc([C@@H]2CN(C(=O)c3cccnc3)C[C@@]23CCN(Cc2cccnc2)C3=O)c1. The number of amides is 2. The Morgan fingerprint density at radius 2 is 1.97 bits per heavy atom. The Morgan fingerprint density at radius 1 is 1.18 bits per heavy atom. The second-order valence-electron chi connectivity index (χ2n) is 9.31. The Hall–Kier alpha value is -3.55. The van der Waals surface area contributed by atoms with Crippen LogP contribution in [-0.2, 0) is 11.3 Å². The van der Waals surface area contributed by atoms with Gasteiger partial charge in [-0.2, -0.15) is 0 Å². The Labute approximate surface area is 193 Å². The number of pyridine rings is 2. The molecule has 0 aromatic carbocycles. The Kier molecular flexibility index (Phi) is 5.44. The first-order valence-corrected chi connectivity index (χ1v) is 11.4. The number of nitrogens with zero attached hydrogens (tertiary/aromatic N) is 6. The van der Waals surface area contributed by atoms with Gasteiger partial charge in [-0.15, -0.1) is 0 Å². The van der Waals surface area contributed by atoms with Crippen LogP contribution < -0.4 is 0 Å². The molecule has 2 saturated heterocycles. The molecule has 33 heavy (non-hydrogen) atoms. The molecule has 3 aromatic heterocycles. The molecule has 8 nitrogen and oxygen atoms in total. The van der Waals surface area contributed by atoms with Crippen LogP contribution in [0, 0.1) is 5.41 Å². The lowest BCUT2D eigenvalue weighted by Crippen LogP contribution is -2.40. The minimum absolute atomic E-state index is 0.0909. The van der Waals surface area contributed by atoms with Crippen LogP contribution in [0.25, 0.3) is 0 Å². The highest BCUT2D eigenvalue weighted by atomic mass is 16.2. The summed E-state index contributed by atoms with van der Waals surface area (Å²) in [7, 11) is 0. The fraction of sp³-hybridized carbons (Fsp3) is 0.400. The van der Waals surface area contributed by atoms with Gasteiger partial charge in [-0.25, -0.2) is 4.98 Å². The minimum Gasteiger partial charge on any atom is -0.338 e. The van der Waals surface area contributed by atoms with E-state index in [1.165, 1.54) is 0 Å². The number of hydrogen-bond donors (Lipinski definition) is 0. The second kappa shape index (κ2) is 8.42. The van der Waals surface area contributed by atoms with Gasteiger partial charge < -0.3 is 14.4 Å². The number of rotatable bonds is 5. The van der Waals surface area contributed by atoms with Crippen LogP contribution in [0.15, 0.2) is 61.6 Å². The van der Waals surface area contributed by atoms with Crippen molar-refractivity contribution < 1.29 is 9.59 Å². The molecule has 2 aliphatic rings. The number of aromatic nitrogens is 4. The van der Waals surface area contributed by atoms with Crippen LogP contribution >= 0.6 is 0 Å². The summed E-state index contributed by atoms with van der Waals surface area (Å²) in [6, 6.07) is 7.68. The second-order valence-corrected chi connectivity index (χ2v) is 9.31. The lowest BCUT2D eigenvalue weighted by molar-refractivity contribution is -0.136. The average molecular weight is 445 g/mol. The highest BCUT2D eigenvalue weighted by molar-refractivity contribution is 5.96. The molecule has 2 aliphatic heterocycles. The van der Waals surface area contributed by atoms with Crippen molar-refractivity contribution in [2.45, 2.75) is 38.8 Å². The van der Waals surface area contributed by atoms with Gasteiger partial charge >= 0.3 is 0 Å². The van der Waals surface area contributed by atoms with Crippen LogP contribution in [0.5, 0.6) is 0 Å². The van der Waals surface area contributed by atoms with E-state index >= 15 is 0 Å². The molecular weight excluding hydrogens is 416 g/mol. The van der Waals surface area contributed by atoms with Crippen LogP contribution in [0.4, 0.5) is 0 Å². The average Bonchev–Trinajstić information content (AvgIpc) is 3.55. The lowest BCUT2D eigenvalue weighted by atomic mass is 9.75. The molecule has 0 N–H and O–H groups in total. The summed E-state index contributed by atoms with van der Waals surface area (Å²) in [6.45, 7) is 6.24. The molecule has 8 heteroatoms. The Balaban J connectivity index is 1.47. The number of hydrogen-bond acceptors (Lipinski definition) is 5. The van der Waals surface area contributed by atoms with Crippen LogP contribution in [0.2, 0.25) is 0 Å². The molecule has 170 valence electrons. The monoisotopic (exact) mass is 444 g/mol. The first-order valence-electron chi connectivity index (χ1n) is 11.4. The van der Waals surface area contributed by atoms with Gasteiger partial charge in [-0.3, -0.25) is 19.6 Å². The van der Waals surface area contributed by atoms with E-state index in [0.29, 0.717) is 38.2 Å². The Bertz CT molecular complexity index is 1150. The standard InChI is InChI=1S/C25H28N6O2/c1-18(2)31-15-22(28-17-31)21-14-30(23(32)20-6-4-9-27-12-20)16-25(21)7-10-29(24(25)33)13-19-5-3-8-26-11-19/h3-6,8-9,11-12,15,17-18,21H,7,10,13-14,16H2,1-2H3/t21-,25-/m0/s1. The van der Waals surface area contributed by atoms with E-state index in [2.05, 4.69) is 33.4 Å². The van der Waals surface area contributed by atoms with Gasteiger partial charge in [0.05, 0.1) is 23.0 Å². The molecule has 2 fully saturated rings. The summed E-state index contributed by atoms with van der Waals surface area (Å²) < 4.78 is 2.06. The predicted molar refractivity (Wildman–Crippen MR) is 122 cm³/mol. The van der Waals surface area contributed by atoms with Crippen LogP contribution in [-0.4, -0.2) is 60.8 Å². The summed E-state index contributed by atoms with van der Waals surface area (Å²) in [6.07, 6.45) is 11.3. The van der Waals surface area contributed by atoms with Gasteiger partial charge in [0.1, 0.15) is 0 Å². The first kappa shape index (κ1) is 21.3. The molecule has 5 rings (SSSR count). The molecule has 5 heterocycles. The fourth-order valence-electron chi connectivity index (χ4n) is 5.12. The zero-order valence-electron chi connectivity index (χ0n) is 19.0. The highest BCUT2D eigenvalue weighted by Crippen LogP contribution is 2.50. The summed E-state index contributed by atoms with van der Waals surface area (Å²) in [4.78, 5) is 43.8. The summed E-state index contributed by atoms with van der Waals surface area (Å²) in [5, 5.41) is 0. The van der Waals surface area contributed by atoms with E-state index < -0.39 is 5.41 Å². The molecular formula is C25H28N6O2. The third-order valence-corrected chi connectivity index (χ3v) is 6.95. The van der Waals surface area contributed by atoms with Crippen molar-refractivity contribution in [3.8, 4) is 0 Å².